The summed E-state index contributed by atoms with van der Waals surface area (Å²) in [5, 5.41) is 11.2. The lowest BCUT2D eigenvalue weighted by Crippen LogP contribution is -2.25. The molecule has 1 unspecified atom stereocenters. The molecule has 1 aliphatic rings. The van der Waals surface area contributed by atoms with Gasteiger partial charge in [0, 0.05) is 23.5 Å². The third-order valence-electron chi connectivity index (χ3n) is 4.66. The number of amides is 1. The highest BCUT2D eigenvalue weighted by Crippen LogP contribution is 2.36. The third kappa shape index (κ3) is 3.33. The number of para-hydroxylation sites is 1. The van der Waals surface area contributed by atoms with E-state index in [-0.39, 0.29) is 11.6 Å². The second kappa shape index (κ2) is 7.07. The Morgan fingerprint density at radius 1 is 1.11 bits per heavy atom. The highest BCUT2D eigenvalue weighted by atomic mass is 16.5. The van der Waals surface area contributed by atoms with Gasteiger partial charge in [-0.15, -0.1) is 10.2 Å². The number of hydrogen-bond acceptors (Lipinski definition) is 5. The topological polar surface area (TPSA) is 67.3 Å². The predicted octanol–water partition coefficient (Wildman–Crippen LogP) is 3.82. The van der Waals surface area contributed by atoms with Crippen LogP contribution in [0.4, 0.5) is 17.2 Å². The van der Waals surface area contributed by atoms with Crippen molar-refractivity contribution in [1.29, 1.82) is 0 Å². The lowest BCUT2D eigenvalue weighted by atomic mass is 10.1. The van der Waals surface area contributed by atoms with Crippen LogP contribution in [-0.4, -0.2) is 29.3 Å². The Bertz CT molecular complexity index is 972. The molecule has 4 rings (SSSR count). The molecule has 0 saturated heterocycles. The first kappa shape index (κ1) is 17.0. The van der Waals surface area contributed by atoms with E-state index in [1.54, 1.807) is 25.3 Å². The summed E-state index contributed by atoms with van der Waals surface area (Å²) in [5.74, 6) is 1.11. The fraction of sp³-hybridized carbons (Fsp3) is 0.190. The van der Waals surface area contributed by atoms with E-state index in [2.05, 4.69) is 39.5 Å². The lowest BCUT2D eigenvalue weighted by molar-refractivity contribution is 0.102. The Balaban J connectivity index is 1.53. The SMILES string of the molecule is COc1cccc(NC(=O)c2ccc(N3c4ccccc4CC3C)nn2)c1. The standard InChI is InChI=1S/C21H20N4O2/c1-14-12-15-6-3-4-9-19(15)25(14)20-11-10-18(23-24-20)21(26)22-16-7-5-8-17(13-16)27-2/h3-11,13-14H,12H2,1-2H3,(H,22,26). The van der Waals surface area contributed by atoms with Gasteiger partial charge in [-0.3, -0.25) is 4.79 Å². The van der Waals surface area contributed by atoms with Crippen molar-refractivity contribution in [3.63, 3.8) is 0 Å². The second-order valence-corrected chi connectivity index (χ2v) is 6.51. The van der Waals surface area contributed by atoms with Crippen molar-refractivity contribution in [2.75, 3.05) is 17.3 Å². The van der Waals surface area contributed by atoms with Crippen molar-refractivity contribution >= 4 is 23.1 Å². The molecule has 0 saturated carbocycles. The molecule has 3 aromatic rings. The second-order valence-electron chi connectivity index (χ2n) is 6.51. The molecule has 0 bridgehead atoms. The Labute approximate surface area is 157 Å². The number of fused-ring (bicyclic) bond motifs is 1. The zero-order valence-corrected chi connectivity index (χ0v) is 15.2. The van der Waals surface area contributed by atoms with E-state index >= 15 is 0 Å². The molecule has 27 heavy (non-hydrogen) atoms. The van der Waals surface area contributed by atoms with E-state index in [1.165, 1.54) is 5.56 Å². The average molecular weight is 360 g/mol. The maximum Gasteiger partial charge on any atom is 0.276 e. The summed E-state index contributed by atoms with van der Waals surface area (Å²) in [5.41, 5.74) is 3.36. The van der Waals surface area contributed by atoms with Gasteiger partial charge in [0.25, 0.3) is 5.91 Å². The van der Waals surface area contributed by atoms with E-state index in [9.17, 15) is 4.79 Å². The number of ether oxygens (including phenoxy) is 1. The van der Waals surface area contributed by atoms with Gasteiger partial charge in [0.1, 0.15) is 5.75 Å². The van der Waals surface area contributed by atoms with Gasteiger partial charge in [-0.05, 0) is 49.2 Å². The normalized spacial score (nSPS) is 15.3. The van der Waals surface area contributed by atoms with Crippen molar-refractivity contribution in [2.45, 2.75) is 19.4 Å². The number of carbonyl (C=O) groups excluding carboxylic acids is 1. The van der Waals surface area contributed by atoms with Gasteiger partial charge in [0.05, 0.1) is 7.11 Å². The Morgan fingerprint density at radius 3 is 2.74 bits per heavy atom. The molecule has 0 aliphatic carbocycles. The largest absolute Gasteiger partial charge is 0.497 e. The fourth-order valence-corrected chi connectivity index (χ4v) is 3.39. The Hall–Kier alpha value is -3.41. The molecule has 136 valence electrons. The van der Waals surface area contributed by atoms with Crippen LogP contribution in [0.15, 0.2) is 60.7 Å². The van der Waals surface area contributed by atoms with Gasteiger partial charge in [-0.2, -0.15) is 0 Å². The van der Waals surface area contributed by atoms with E-state index in [0.29, 0.717) is 17.5 Å². The molecular formula is C21H20N4O2. The monoisotopic (exact) mass is 360 g/mol. The molecule has 0 spiro atoms. The van der Waals surface area contributed by atoms with Gasteiger partial charge in [0.2, 0.25) is 0 Å². The number of rotatable bonds is 4. The predicted molar refractivity (Wildman–Crippen MR) is 105 cm³/mol. The molecule has 1 aliphatic heterocycles. The number of nitrogens with one attached hydrogen (secondary N) is 1. The maximum absolute atomic E-state index is 12.4. The summed E-state index contributed by atoms with van der Waals surface area (Å²) in [6.07, 6.45) is 0.968. The number of carbonyl (C=O) groups is 1. The highest BCUT2D eigenvalue weighted by molar-refractivity contribution is 6.02. The van der Waals surface area contributed by atoms with Crippen LogP contribution in [-0.2, 0) is 6.42 Å². The molecule has 2 heterocycles. The van der Waals surface area contributed by atoms with E-state index in [0.717, 1.165) is 17.9 Å². The Morgan fingerprint density at radius 2 is 1.96 bits per heavy atom. The molecule has 6 heteroatoms. The number of hydrogen-bond donors (Lipinski definition) is 1. The minimum atomic E-state index is -0.308. The Kier molecular flexibility index (Phi) is 4.46. The number of aromatic nitrogens is 2. The molecule has 2 aromatic carbocycles. The van der Waals surface area contributed by atoms with Crippen molar-refractivity contribution < 1.29 is 9.53 Å². The van der Waals surface area contributed by atoms with Gasteiger partial charge in [0.15, 0.2) is 11.5 Å². The van der Waals surface area contributed by atoms with Crippen LogP contribution in [0.3, 0.4) is 0 Å². The van der Waals surface area contributed by atoms with Crippen LogP contribution in [0.2, 0.25) is 0 Å². The highest BCUT2D eigenvalue weighted by Gasteiger charge is 2.28. The van der Waals surface area contributed by atoms with Crippen LogP contribution < -0.4 is 15.0 Å². The van der Waals surface area contributed by atoms with Crippen molar-refractivity contribution in [1.82, 2.24) is 10.2 Å². The van der Waals surface area contributed by atoms with E-state index in [4.69, 9.17) is 4.74 Å². The summed E-state index contributed by atoms with van der Waals surface area (Å²) in [6, 6.07) is 19.3. The van der Waals surface area contributed by atoms with Crippen LogP contribution in [0, 0.1) is 0 Å². The number of methoxy groups -OCH3 is 1. The summed E-state index contributed by atoms with van der Waals surface area (Å²) in [7, 11) is 1.59. The summed E-state index contributed by atoms with van der Waals surface area (Å²) < 4.78 is 5.17. The zero-order chi connectivity index (χ0) is 18.8. The van der Waals surface area contributed by atoms with Gasteiger partial charge >= 0.3 is 0 Å². The van der Waals surface area contributed by atoms with Crippen LogP contribution in [0.1, 0.15) is 23.0 Å². The molecular weight excluding hydrogens is 340 g/mol. The third-order valence-corrected chi connectivity index (χ3v) is 4.66. The minimum Gasteiger partial charge on any atom is -0.497 e. The molecule has 6 nitrogen and oxygen atoms in total. The van der Waals surface area contributed by atoms with E-state index in [1.807, 2.05) is 30.3 Å². The number of anilines is 3. The first-order valence-corrected chi connectivity index (χ1v) is 8.82. The van der Waals surface area contributed by atoms with Crippen LogP contribution in [0.25, 0.3) is 0 Å². The minimum absolute atomic E-state index is 0.265. The molecule has 1 N–H and O–H groups in total. The lowest BCUT2D eigenvalue weighted by Gasteiger charge is -2.23. The number of benzene rings is 2. The van der Waals surface area contributed by atoms with Crippen molar-refractivity contribution in [3.8, 4) is 5.75 Å². The van der Waals surface area contributed by atoms with Gasteiger partial charge in [-0.1, -0.05) is 24.3 Å². The average Bonchev–Trinajstić information content (AvgIpc) is 3.04. The van der Waals surface area contributed by atoms with Crippen LogP contribution in [0.5, 0.6) is 5.75 Å². The van der Waals surface area contributed by atoms with Crippen LogP contribution >= 0.6 is 0 Å². The first-order chi connectivity index (χ1) is 13.2. The van der Waals surface area contributed by atoms with Crippen molar-refractivity contribution in [3.05, 3.63) is 71.9 Å². The summed E-state index contributed by atoms with van der Waals surface area (Å²) >= 11 is 0. The quantitative estimate of drug-likeness (QED) is 0.766. The maximum atomic E-state index is 12.4. The first-order valence-electron chi connectivity index (χ1n) is 8.82. The molecule has 0 fully saturated rings. The molecule has 1 amide bonds. The molecule has 1 aromatic heterocycles. The molecule has 0 radical (unpaired) electrons. The van der Waals surface area contributed by atoms with Gasteiger partial charge < -0.3 is 15.0 Å². The summed E-state index contributed by atoms with van der Waals surface area (Å²) in [4.78, 5) is 14.6. The summed E-state index contributed by atoms with van der Waals surface area (Å²) in [6.45, 7) is 2.16. The fourth-order valence-electron chi connectivity index (χ4n) is 3.39. The smallest absolute Gasteiger partial charge is 0.276 e. The van der Waals surface area contributed by atoms with Crippen molar-refractivity contribution in [2.24, 2.45) is 0 Å². The molecule has 1 atom stereocenters. The number of nitrogens with zero attached hydrogens (tertiary/aromatic N) is 3. The van der Waals surface area contributed by atoms with E-state index < -0.39 is 0 Å². The van der Waals surface area contributed by atoms with Gasteiger partial charge in [-0.25, -0.2) is 0 Å². The zero-order valence-electron chi connectivity index (χ0n) is 15.2.